The molecule has 0 aromatic heterocycles. The monoisotopic (exact) mass is 948 g/mol. The van der Waals surface area contributed by atoms with Gasteiger partial charge in [-0.15, -0.1) is 0 Å². The molecule has 0 aliphatic carbocycles. The fourth-order valence-electron chi connectivity index (χ4n) is 11.3. The zero-order valence-electron chi connectivity index (χ0n) is 32.7. The molecule has 9 aromatic rings. The maximum Gasteiger partial charge on any atom is 0.252 e. The van der Waals surface area contributed by atoms with Gasteiger partial charge >= 0.3 is 0 Å². The van der Waals surface area contributed by atoms with E-state index in [9.17, 15) is 0 Å². The molecule has 4 aliphatic heterocycles. The minimum Gasteiger partial charge on any atom is -0.458 e. The van der Waals surface area contributed by atoms with Crippen molar-refractivity contribution in [2.45, 2.75) is 39.5 Å². The summed E-state index contributed by atoms with van der Waals surface area (Å²) >= 11 is 11.6. The summed E-state index contributed by atoms with van der Waals surface area (Å²) in [4.78, 5) is 0. The quantitative estimate of drug-likeness (QED) is 0.130. The molecule has 0 saturated heterocycles. The van der Waals surface area contributed by atoms with Crippen molar-refractivity contribution in [2.75, 3.05) is 0 Å². The van der Waals surface area contributed by atoms with Crippen molar-refractivity contribution >= 4 is 126 Å². The van der Waals surface area contributed by atoms with Gasteiger partial charge in [0.1, 0.15) is 23.0 Å². The summed E-state index contributed by atoms with van der Waals surface area (Å²) in [5, 5.41) is 8.24. The fourth-order valence-corrected chi connectivity index (χ4v) is 12.5. The third kappa shape index (κ3) is 4.65. The summed E-state index contributed by atoms with van der Waals surface area (Å²) in [6, 6.07) is 43.3. The molecule has 7 heteroatoms. The van der Waals surface area contributed by atoms with E-state index in [4.69, 9.17) is 9.47 Å². The van der Waals surface area contributed by atoms with E-state index < -0.39 is 0 Å². The second-order valence-corrected chi connectivity index (χ2v) is 20.2. The van der Waals surface area contributed by atoms with E-state index in [0.29, 0.717) is 11.8 Å². The van der Waals surface area contributed by atoms with Crippen molar-refractivity contribution in [3.63, 3.8) is 0 Å². The molecule has 0 spiro atoms. The average Bonchev–Trinajstić information content (AvgIpc) is 3.22. The number of hydrogen-bond donors (Lipinski definition) is 0. The highest BCUT2D eigenvalue weighted by molar-refractivity contribution is 9.11. The predicted octanol–water partition coefficient (Wildman–Crippen LogP) is 12.0. The molecule has 4 aliphatic rings. The Morgan fingerprint density at radius 2 is 0.898 bits per heavy atom. The number of halogens is 3. The topological polar surface area (TPSA) is 18.5 Å². The second kappa shape index (κ2) is 12.2. The Morgan fingerprint density at radius 3 is 1.42 bits per heavy atom. The minimum atomic E-state index is 0.0119. The largest absolute Gasteiger partial charge is 0.458 e. The SMILES string of the molecule is CC(C)c1cc2c3c(cc4c(C(C)C)cc5c6c(cc1c3c46)B1c3ccc(-c4ccccc4)cc3Oc3cc(Br)cc-5c31)B1c3ccc(Br)cc3Oc3cc(Br)cc-2c31. The van der Waals surface area contributed by atoms with Crippen LogP contribution in [0.25, 0.3) is 65.7 Å². The smallest absolute Gasteiger partial charge is 0.252 e. The Labute approximate surface area is 368 Å². The van der Waals surface area contributed by atoms with Crippen molar-refractivity contribution in [3.8, 4) is 56.4 Å². The zero-order chi connectivity index (χ0) is 39.7. The summed E-state index contributed by atoms with van der Waals surface area (Å²) in [5.41, 5.74) is 17.9. The molecule has 4 heterocycles. The van der Waals surface area contributed by atoms with Crippen LogP contribution in [0.3, 0.4) is 0 Å². The maximum absolute atomic E-state index is 6.97. The molecular weight excluding hydrogens is 918 g/mol. The van der Waals surface area contributed by atoms with Gasteiger partial charge in [0, 0.05) is 13.4 Å². The van der Waals surface area contributed by atoms with Gasteiger partial charge < -0.3 is 9.47 Å². The molecule has 9 aromatic carbocycles. The standard InChI is InChI=1S/C52H33B2Br3O2/c1-24(2)31-21-34-38-16-30(57)19-46-52(38)54(40-13-11-28(55)17-44(40)59-46)42-23-36-32(25(3)4)20-33-37-15-29(56)18-45-51(37)53(41-22-35(31)50(48(34)42)49(36)47(33)41)39-12-10-27(14-43(39)58-45)26-8-6-5-7-9-26/h5-25H,1-4H3. The molecule has 0 bridgehead atoms. The normalized spacial score (nSPS) is 13.8. The van der Waals surface area contributed by atoms with E-state index >= 15 is 0 Å². The first-order valence-electron chi connectivity index (χ1n) is 20.5. The summed E-state index contributed by atoms with van der Waals surface area (Å²) in [5.74, 6) is 4.28. The molecule has 2 nitrogen and oxygen atoms in total. The molecule has 280 valence electrons. The lowest BCUT2D eigenvalue weighted by Crippen LogP contribution is -2.58. The Bertz CT molecular complexity index is 3390. The average molecular weight is 951 g/mol. The minimum absolute atomic E-state index is 0.0119. The van der Waals surface area contributed by atoms with Crippen LogP contribution in [-0.4, -0.2) is 13.4 Å². The van der Waals surface area contributed by atoms with Gasteiger partial charge in [-0.2, -0.15) is 0 Å². The van der Waals surface area contributed by atoms with Gasteiger partial charge in [0.05, 0.1) is 0 Å². The number of rotatable bonds is 3. The summed E-state index contributed by atoms with van der Waals surface area (Å²) in [6.07, 6.45) is 0. The van der Waals surface area contributed by atoms with Gasteiger partial charge in [0.25, 0.3) is 13.4 Å². The van der Waals surface area contributed by atoms with Gasteiger partial charge in [-0.1, -0.05) is 147 Å². The summed E-state index contributed by atoms with van der Waals surface area (Å²) < 4.78 is 16.8. The maximum atomic E-state index is 6.97. The van der Waals surface area contributed by atoms with Crippen LogP contribution in [0.15, 0.2) is 129 Å². The van der Waals surface area contributed by atoms with Crippen molar-refractivity contribution in [1.29, 1.82) is 0 Å². The summed E-state index contributed by atoms with van der Waals surface area (Å²) in [6.45, 7) is 9.46. The molecule has 0 amide bonds. The van der Waals surface area contributed by atoms with Crippen LogP contribution in [0.2, 0.25) is 0 Å². The molecule has 0 atom stereocenters. The highest BCUT2D eigenvalue weighted by atomic mass is 79.9. The second-order valence-electron chi connectivity index (χ2n) is 17.5. The van der Waals surface area contributed by atoms with E-state index in [0.717, 1.165) is 42.0 Å². The van der Waals surface area contributed by atoms with Gasteiger partial charge in [-0.05, 0) is 165 Å². The van der Waals surface area contributed by atoms with Crippen molar-refractivity contribution in [1.82, 2.24) is 0 Å². The van der Waals surface area contributed by atoms with Crippen LogP contribution in [0.4, 0.5) is 0 Å². The molecule has 0 saturated carbocycles. The Balaban J connectivity index is 1.21. The highest BCUT2D eigenvalue weighted by Crippen LogP contribution is 2.50. The van der Waals surface area contributed by atoms with E-state index in [1.165, 1.54) is 104 Å². The fraction of sp³-hybridized carbons (Fsp3) is 0.115. The van der Waals surface area contributed by atoms with Crippen molar-refractivity contribution < 1.29 is 9.47 Å². The number of fused-ring (bicyclic) bond motifs is 8. The Morgan fingerprint density at radius 1 is 0.407 bits per heavy atom. The third-order valence-electron chi connectivity index (χ3n) is 13.6. The molecule has 0 fully saturated rings. The van der Waals surface area contributed by atoms with Gasteiger partial charge in [-0.3, -0.25) is 0 Å². The lowest BCUT2D eigenvalue weighted by Gasteiger charge is -2.38. The molecule has 13 rings (SSSR count). The van der Waals surface area contributed by atoms with E-state index in [1.807, 2.05) is 0 Å². The first-order chi connectivity index (χ1) is 28.6. The van der Waals surface area contributed by atoms with E-state index in [2.05, 4.69) is 191 Å². The van der Waals surface area contributed by atoms with Crippen LogP contribution in [0.1, 0.15) is 50.7 Å². The van der Waals surface area contributed by atoms with Gasteiger partial charge in [-0.25, -0.2) is 0 Å². The molecule has 59 heavy (non-hydrogen) atoms. The van der Waals surface area contributed by atoms with Crippen LogP contribution in [0, 0.1) is 0 Å². The number of benzene rings is 9. The van der Waals surface area contributed by atoms with E-state index in [-0.39, 0.29) is 13.4 Å². The molecular formula is C52H33B2Br3O2. The molecule has 0 N–H and O–H groups in total. The first kappa shape index (κ1) is 35.0. The third-order valence-corrected chi connectivity index (χ3v) is 15.0. The summed E-state index contributed by atoms with van der Waals surface area (Å²) in [7, 11) is 0. The lowest BCUT2D eigenvalue weighted by molar-refractivity contribution is 0.487. The zero-order valence-corrected chi connectivity index (χ0v) is 37.5. The number of ether oxygens (including phenoxy) is 2. The predicted molar refractivity (Wildman–Crippen MR) is 260 cm³/mol. The van der Waals surface area contributed by atoms with Crippen LogP contribution >= 0.6 is 47.8 Å². The van der Waals surface area contributed by atoms with Crippen LogP contribution < -0.4 is 42.3 Å². The highest BCUT2D eigenvalue weighted by Gasteiger charge is 2.44. The molecule has 0 unspecified atom stereocenters. The Hall–Kier alpha value is -4.81. The molecule has 0 radical (unpaired) electrons. The van der Waals surface area contributed by atoms with Gasteiger partial charge in [0.2, 0.25) is 0 Å². The van der Waals surface area contributed by atoms with Crippen LogP contribution in [0.5, 0.6) is 23.0 Å². The lowest BCUT2D eigenvalue weighted by atomic mass is 9.32. The van der Waals surface area contributed by atoms with Gasteiger partial charge in [0.15, 0.2) is 0 Å². The Kier molecular flexibility index (Phi) is 7.21. The van der Waals surface area contributed by atoms with E-state index in [1.54, 1.807) is 0 Å². The van der Waals surface area contributed by atoms with Crippen molar-refractivity contribution in [2.24, 2.45) is 0 Å². The van der Waals surface area contributed by atoms with Crippen LogP contribution in [-0.2, 0) is 0 Å². The van der Waals surface area contributed by atoms with Crippen molar-refractivity contribution in [3.05, 3.63) is 140 Å². The number of hydrogen-bond acceptors (Lipinski definition) is 2. The first-order valence-corrected chi connectivity index (χ1v) is 22.9.